The summed E-state index contributed by atoms with van der Waals surface area (Å²) >= 11 is 0. The van der Waals surface area contributed by atoms with E-state index in [0.29, 0.717) is 0 Å². The molecule has 4 aromatic carbocycles. The molecule has 0 nitrogen and oxygen atoms in total. The van der Waals surface area contributed by atoms with Crippen molar-refractivity contribution in [1.82, 2.24) is 0 Å². The van der Waals surface area contributed by atoms with Crippen molar-refractivity contribution in [3.63, 3.8) is 0 Å². The van der Waals surface area contributed by atoms with E-state index in [1.807, 2.05) is 0 Å². The highest BCUT2D eigenvalue weighted by atomic mass is 14.4. The highest BCUT2D eigenvalue weighted by molar-refractivity contribution is 5.60. The average Bonchev–Trinajstić information content (AvgIpc) is 2.80. The summed E-state index contributed by atoms with van der Waals surface area (Å²) in [5.74, 6) is 1.29. The van der Waals surface area contributed by atoms with Crippen molar-refractivity contribution in [2.45, 2.75) is 11.8 Å². The molecule has 0 heterocycles. The van der Waals surface area contributed by atoms with Gasteiger partial charge in [0.1, 0.15) is 0 Å². The standard InChI is InChI=1S/C28H24/c1-2-28(25-19-11-5-12-20-25,26-21-13-6-14-22-26)27(23-15-7-3-8-16-23)24-17-9-4-10-18-24/h3-22H,1-2H2. The van der Waals surface area contributed by atoms with Gasteiger partial charge in [0.25, 0.3) is 0 Å². The zero-order valence-electron chi connectivity index (χ0n) is 16.0. The topological polar surface area (TPSA) is 0 Å². The highest BCUT2D eigenvalue weighted by Crippen LogP contribution is 2.49. The summed E-state index contributed by atoms with van der Waals surface area (Å²) in [5, 5.41) is 0. The summed E-state index contributed by atoms with van der Waals surface area (Å²) in [5.41, 5.74) is 4.64. The van der Waals surface area contributed by atoms with Gasteiger partial charge >= 0.3 is 0 Å². The van der Waals surface area contributed by atoms with Crippen molar-refractivity contribution in [3.05, 3.63) is 156 Å². The van der Waals surface area contributed by atoms with Crippen molar-refractivity contribution in [2.75, 3.05) is 0 Å². The van der Waals surface area contributed by atoms with E-state index in [1.54, 1.807) is 0 Å². The molecule has 0 spiro atoms. The van der Waals surface area contributed by atoms with Crippen LogP contribution in [0.3, 0.4) is 0 Å². The van der Waals surface area contributed by atoms with Gasteiger partial charge in [-0.3, -0.25) is 0 Å². The molecule has 0 aliphatic carbocycles. The molecule has 0 atom stereocenters. The Hall–Kier alpha value is -3.12. The van der Waals surface area contributed by atoms with Crippen LogP contribution in [-0.2, 0) is 5.41 Å². The first-order valence-electron chi connectivity index (χ1n) is 9.75. The number of rotatable bonds is 6. The summed E-state index contributed by atoms with van der Waals surface area (Å²) in [4.78, 5) is 0. The van der Waals surface area contributed by atoms with Crippen LogP contribution in [0, 0.1) is 12.8 Å². The van der Waals surface area contributed by atoms with E-state index in [-0.39, 0.29) is 5.41 Å². The van der Waals surface area contributed by atoms with E-state index in [9.17, 15) is 0 Å². The molecule has 0 fully saturated rings. The van der Waals surface area contributed by atoms with Crippen LogP contribution < -0.4 is 0 Å². The fraction of sp³-hybridized carbons (Fsp3) is 0.0714. The summed E-state index contributed by atoms with van der Waals surface area (Å²) in [6.07, 6.45) is 0.722. The van der Waals surface area contributed by atoms with Crippen LogP contribution in [-0.4, -0.2) is 0 Å². The quantitative estimate of drug-likeness (QED) is 0.352. The van der Waals surface area contributed by atoms with Crippen molar-refractivity contribution in [3.8, 4) is 0 Å². The molecule has 0 heteroatoms. The molecule has 28 heavy (non-hydrogen) atoms. The van der Waals surface area contributed by atoms with Gasteiger partial charge in [-0.15, -0.1) is 0 Å². The van der Waals surface area contributed by atoms with E-state index < -0.39 is 0 Å². The summed E-state index contributed by atoms with van der Waals surface area (Å²) in [6, 6.07) is 43.0. The smallest absolute Gasteiger partial charge is 0.0488 e. The number of benzene rings is 4. The Morgan fingerprint density at radius 1 is 0.500 bits per heavy atom. The second-order valence-electron chi connectivity index (χ2n) is 6.99. The molecular formula is C28H24. The summed E-state index contributed by atoms with van der Waals surface area (Å²) < 4.78 is 0. The van der Waals surface area contributed by atoms with E-state index in [4.69, 9.17) is 0 Å². The number of hydrogen-bond acceptors (Lipinski definition) is 0. The van der Waals surface area contributed by atoms with Gasteiger partial charge in [-0.05, 0) is 28.7 Å². The van der Waals surface area contributed by atoms with Gasteiger partial charge in [0.05, 0.1) is 0 Å². The van der Waals surface area contributed by atoms with Crippen LogP contribution in [0.2, 0.25) is 0 Å². The van der Waals surface area contributed by atoms with Gasteiger partial charge in [-0.25, -0.2) is 0 Å². The predicted molar refractivity (Wildman–Crippen MR) is 118 cm³/mol. The Balaban J connectivity index is 2.05. The molecule has 0 N–H and O–H groups in total. The normalized spacial score (nSPS) is 11.5. The Kier molecular flexibility index (Phi) is 5.39. The largest absolute Gasteiger partial charge is 0.0622 e. The van der Waals surface area contributed by atoms with Crippen LogP contribution >= 0.6 is 0 Å². The molecule has 2 radical (unpaired) electrons. The zero-order valence-corrected chi connectivity index (χ0v) is 16.0. The second-order valence-corrected chi connectivity index (χ2v) is 6.99. The lowest BCUT2D eigenvalue weighted by Crippen LogP contribution is -2.36. The summed E-state index contributed by atoms with van der Waals surface area (Å²) in [7, 11) is 0. The molecule has 136 valence electrons. The molecule has 0 aliphatic heterocycles. The van der Waals surface area contributed by atoms with Gasteiger partial charge in [0.2, 0.25) is 0 Å². The third-order valence-electron chi connectivity index (χ3n) is 5.46. The van der Waals surface area contributed by atoms with Crippen molar-refractivity contribution in [1.29, 1.82) is 0 Å². The van der Waals surface area contributed by atoms with Gasteiger partial charge in [0, 0.05) is 11.3 Å². The maximum Gasteiger partial charge on any atom is 0.0488 e. The lowest BCUT2D eigenvalue weighted by atomic mass is 9.60. The third kappa shape index (κ3) is 3.27. The minimum absolute atomic E-state index is 0.342. The maximum absolute atomic E-state index is 4.46. The van der Waals surface area contributed by atoms with Crippen molar-refractivity contribution < 1.29 is 0 Å². The molecular weight excluding hydrogens is 336 g/mol. The molecule has 4 rings (SSSR count). The lowest BCUT2D eigenvalue weighted by molar-refractivity contribution is 0.567. The first kappa shape index (κ1) is 18.3. The fourth-order valence-corrected chi connectivity index (χ4v) is 4.18. The average molecular weight is 361 g/mol. The second kappa shape index (κ2) is 8.27. The predicted octanol–water partition coefficient (Wildman–Crippen LogP) is 6.87. The van der Waals surface area contributed by atoms with Crippen LogP contribution in [0.15, 0.2) is 121 Å². The van der Waals surface area contributed by atoms with Crippen LogP contribution in [0.5, 0.6) is 0 Å². The molecule has 0 bridgehead atoms. The minimum atomic E-state index is -0.342. The molecule has 0 saturated carbocycles. The van der Waals surface area contributed by atoms with E-state index in [1.165, 1.54) is 28.2 Å². The third-order valence-corrected chi connectivity index (χ3v) is 5.46. The highest BCUT2D eigenvalue weighted by Gasteiger charge is 2.42. The van der Waals surface area contributed by atoms with E-state index in [2.05, 4.69) is 128 Å². The first-order chi connectivity index (χ1) is 13.9. The number of hydrogen-bond donors (Lipinski definition) is 0. The lowest BCUT2D eigenvalue weighted by Gasteiger charge is -2.42. The van der Waals surface area contributed by atoms with E-state index in [0.717, 1.165) is 6.42 Å². The van der Waals surface area contributed by atoms with Crippen LogP contribution in [0.1, 0.15) is 28.7 Å². The first-order valence-corrected chi connectivity index (χ1v) is 9.75. The van der Waals surface area contributed by atoms with Crippen LogP contribution in [0.25, 0.3) is 0 Å². The molecule has 0 aliphatic rings. The van der Waals surface area contributed by atoms with E-state index >= 15 is 0 Å². The molecule has 4 aromatic rings. The van der Waals surface area contributed by atoms with Crippen molar-refractivity contribution in [2.24, 2.45) is 0 Å². The minimum Gasteiger partial charge on any atom is -0.0622 e. The SMILES string of the molecule is [CH2]CC([C](c1ccccc1)c1ccccc1)(c1ccccc1)c1ccccc1. The molecule has 0 amide bonds. The summed E-state index contributed by atoms with van der Waals surface area (Å²) in [6.45, 7) is 4.46. The van der Waals surface area contributed by atoms with Gasteiger partial charge in [-0.1, -0.05) is 128 Å². The van der Waals surface area contributed by atoms with Crippen molar-refractivity contribution >= 4 is 0 Å². The molecule has 0 saturated heterocycles. The Morgan fingerprint density at radius 3 is 1.14 bits per heavy atom. The van der Waals surface area contributed by atoms with Gasteiger partial charge < -0.3 is 0 Å². The van der Waals surface area contributed by atoms with Gasteiger partial charge in [0.15, 0.2) is 0 Å². The zero-order chi connectivity index (χ0) is 19.2. The molecule has 0 unspecified atom stereocenters. The Labute approximate surface area is 168 Å². The Morgan fingerprint density at radius 2 is 0.821 bits per heavy atom. The Bertz CT molecular complexity index is 894. The van der Waals surface area contributed by atoms with Gasteiger partial charge in [-0.2, -0.15) is 0 Å². The molecule has 0 aromatic heterocycles. The maximum atomic E-state index is 4.46. The monoisotopic (exact) mass is 360 g/mol. The van der Waals surface area contributed by atoms with Crippen LogP contribution in [0.4, 0.5) is 0 Å². The fourth-order valence-electron chi connectivity index (χ4n) is 4.18.